The van der Waals surface area contributed by atoms with E-state index in [1.165, 1.54) is 0 Å². The summed E-state index contributed by atoms with van der Waals surface area (Å²) in [4.78, 5) is 17.2. The van der Waals surface area contributed by atoms with Crippen molar-refractivity contribution >= 4 is 39.5 Å². The van der Waals surface area contributed by atoms with Crippen LogP contribution in [0, 0.1) is 0 Å². The summed E-state index contributed by atoms with van der Waals surface area (Å²) in [7, 11) is 0. The van der Waals surface area contributed by atoms with Gasteiger partial charge in [-0.3, -0.25) is 9.79 Å². The number of amides is 1. The lowest BCUT2D eigenvalue weighted by atomic mass is 9.89. The zero-order valence-corrected chi connectivity index (χ0v) is 15.2. The Labute approximate surface area is 155 Å². The van der Waals surface area contributed by atoms with Gasteiger partial charge in [0.15, 0.2) is 5.17 Å². The van der Waals surface area contributed by atoms with Crippen LogP contribution in [0.2, 0.25) is 0 Å². The Balaban J connectivity index is 1.58. The highest BCUT2D eigenvalue weighted by Gasteiger charge is 2.29. The van der Waals surface area contributed by atoms with Gasteiger partial charge in [-0.25, -0.2) is 0 Å². The molecule has 132 valence electrons. The number of benzene rings is 2. The van der Waals surface area contributed by atoms with Gasteiger partial charge in [0.1, 0.15) is 5.58 Å². The van der Waals surface area contributed by atoms with Gasteiger partial charge in [0, 0.05) is 22.4 Å². The summed E-state index contributed by atoms with van der Waals surface area (Å²) in [5, 5.41) is 4.49. The summed E-state index contributed by atoms with van der Waals surface area (Å²) < 4.78 is 5.32. The van der Waals surface area contributed by atoms with Crippen LogP contribution in [-0.2, 0) is 5.54 Å². The van der Waals surface area contributed by atoms with Crippen molar-refractivity contribution in [1.82, 2.24) is 0 Å². The van der Waals surface area contributed by atoms with Crippen molar-refractivity contribution in [1.29, 1.82) is 0 Å². The number of hydrogen-bond acceptors (Lipinski definition) is 5. The summed E-state index contributed by atoms with van der Waals surface area (Å²) in [6.07, 6.45) is 2.53. The SMILES string of the molecule is CC1(c2cccc(NC(=O)c3ccc4occc4c3)c2)CCSC(N)=N1. The average molecular weight is 365 g/mol. The molecule has 1 amide bonds. The molecule has 0 spiro atoms. The molecular weight excluding hydrogens is 346 g/mol. The molecule has 0 saturated heterocycles. The first kappa shape index (κ1) is 16.7. The number of nitrogens with zero attached hydrogens (tertiary/aromatic N) is 1. The number of aliphatic imine (C=N–C) groups is 1. The maximum atomic E-state index is 12.6. The fourth-order valence-corrected chi connectivity index (χ4v) is 4.11. The highest BCUT2D eigenvalue weighted by Crippen LogP contribution is 2.35. The Hall–Kier alpha value is -2.73. The van der Waals surface area contributed by atoms with Gasteiger partial charge in [-0.05, 0) is 55.3 Å². The van der Waals surface area contributed by atoms with E-state index in [0.29, 0.717) is 10.7 Å². The van der Waals surface area contributed by atoms with Gasteiger partial charge in [0.05, 0.1) is 11.8 Å². The quantitative estimate of drug-likeness (QED) is 0.723. The van der Waals surface area contributed by atoms with Crippen molar-refractivity contribution in [3.63, 3.8) is 0 Å². The Morgan fingerprint density at radius 3 is 3.00 bits per heavy atom. The van der Waals surface area contributed by atoms with Gasteiger partial charge in [-0.1, -0.05) is 23.9 Å². The standard InChI is InChI=1S/C20H19N3O2S/c1-20(8-10-26-19(21)23-20)15-3-2-4-16(12-15)22-18(24)14-5-6-17-13(11-14)7-9-25-17/h2-7,9,11-12H,8,10H2,1H3,(H2,21,23)(H,22,24). The first-order chi connectivity index (χ1) is 12.5. The maximum Gasteiger partial charge on any atom is 0.255 e. The number of furan rings is 1. The van der Waals surface area contributed by atoms with Crippen LogP contribution in [0.3, 0.4) is 0 Å². The highest BCUT2D eigenvalue weighted by atomic mass is 32.2. The number of amidine groups is 1. The molecule has 6 heteroatoms. The molecule has 1 aromatic heterocycles. The zero-order valence-electron chi connectivity index (χ0n) is 14.4. The van der Waals surface area contributed by atoms with Crippen LogP contribution in [0.5, 0.6) is 0 Å². The van der Waals surface area contributed by atoms with Crippen molar-refractivity contribution in [3.05, 3.63) is 65.9 Å². The highest BCUT2D eigenvalue weighted by molar-refractivity contribution is 8.13. The van der Waals surface area contributed by atoms with E-state index in [9.17, 15) is 4.79 Å². The summed E-state index contributed by atoms with van der Waals surface area (Å²) in [6, 6.07) is 15.0. The molecule has 1 aliphatic heterocycles. The first-order valence-electron chi connectivity index (χ1n) is 8.41. The van der Waals surface area contributed by atoms with Crippen LogP contribution in [0.1, 0.15) is 29.3 Å². The van der Waals surface area contributed by atoms with Crippen molar-refractivity contribution < 1.29 is 9.21 Å². The number of hydrogen-bond donors (Lipinski definition) is 2. The van der Waals surface area contributed by atoms with E-state index in [0.717, 1.165) is 34.4 Å². The summed E-state index contributed by atoms with van der Waals surface area (Å²) in [5.41, 5.74) is 8.70. The fourth-order valence-electron chi connectivity index (χ4n) is 3.14. The third kappa shape index (κ3) is 3.20. The van der Waals surface area contributed by atoms with Crippen LogP contribution < -0.4 is 11.1 Å². The van der Waals surface area contributed by atoms with Gasteiger partial charge in [0.2, 0.25) is 0 Å². The largest absolute Gasteiger partial charge is 0.464 e. The number of anilines is 1. The van der Waals surface area contributed by atoms with Crippen molar-refractivity contribution in [3.8, 4) is 0 Å². The number of carbonyl (C=O) groups excluding carboxylic acids is 1. The molecule has 4 rings (SSSR count). The topological polar surface area (TPSA) is 80.6 Å². The minimum atomic E-state index is -0.355. The van der Waals surface area contributed by atoms with Crippen LogP contribution in [0.4, 0.5) is 5.69 Å². The number of nitrogens with two attached hydrogens (primary N) is 1. The van der Waals surface area contributed by atoms with E-state index in [4.69, 9.17) is 10.2 Å². The molecule has 1 atom stereocenters. The van der Waals surface area contributed by atoms with Crippen molar-refractivity contribution in [2.45, 2.75) is 18.9 Å². The Kier molecular flexibility index (Phi) is 4.20. The fraction of sp³-hybridized carbons (Fsp3) is 0.200. The predicted molar refractivity (Wildman–Crippen MR) is 107 cm³/mol. The summed E-state index contributed by atoms with van der Waals surface area (Å²) in [6.45, 7) is 2.08. The smallest absolute Gasteiger partial charge is 0.255 e. The second kappa shape index (κ2) is 6.53. The molecule has 0 aliphatic carbocycles. The number of nitrogens with one attached hydrogen (secondary N) is 1. The molecule has 3 N–H and O–H groups in total. The number of thioether (sulfide) groups is 1. The minimum Gasteiger partial charge on any atom is -0.464 e. The van der Waals surface area contributed by atoms with Gasteiger partial charge in [0.25, 0.3) is 5.91 Å². The molecule has 5 nitrogen and oxygen atoms in total. The molecule has 0 fully saturated rings. The number of carbonyl (C=O) groups is 1. The van der Waals surface area contributed by atoms with Gasteiger partial charge in [-0.2, -0.15) is 0 Å². The molecule has 0 bridgehead atoms. The van der Waals surface area contributed by atoms with E-state index in [-0.39, 0.29) is 11.4 Å². The van der Waals surface area contributed by atoms with Gasteiger partial charge < -0.3 is 15.5 Å². The van der Waals surface area contributed by atoms with E-state index in [1.807, 2.05) is 36.4 Å². The van der Waals surface area contributed by atoms with Gasteiger partial charge >= 0.3 is 0 Å². The Bertz CT molecular complexity index is 1010. The summed E-state index contributed by atoms with van der Waals surface area (Å²) in [5.74, 6) is 0.783. The van der Waals surface area contributed by atoms with Crippen molar-refractivity contribution in [2.24, 2.45) is 10.7 Å². The zero-order chi connectivity index (χ0) is 18.1. The monoisotopic (exact) mass is 365 g/mol. The molecule has 1 unspecified atom stereocenters. The molecule has 3 aromatic rings. The average Bonchev–Trinajstić information content (AvgIpc) is 3.09. The van der Waals surface area contributed by atoms with Crippen molar-refractivity contribution in [2.75, 3.05) is 11.1 Å². The Morgan fingerprint density at radius 1 is 1.27 bits per heavy atom. The minimum absolute atomic E-state index is 0.155. The molecule has 26 heavy (non-hydrogen) atoms. The maximum absolute atomic E-state index is 12.6. The van der Waals surface area contributed by atoms with Crippen LogP contribution >= 0.6 is 11.8 Å². The molecule has 0 saturated carbocycles. The molecule has 2 heterocycles. The second-order valence-electron chi connectivity index (χ2n) is 6.53. The third-order valence-corrected chi connectivity index (χ3v) is 5.45. The van der Waals surface area contributed by atoms with E-state index >= 15 is 0 Å². The Morgan fingerprint density at radius 2 is 2.15 bits per heavy atom. The molecule has 2 aromatic carbocycles. The van der Waals surface area contributed by atoms with E-state index in [2.05, 4.69) is 17.2 Å². The lowest BCUT2D eigenvalue weighted by Crippen LogP contribution is -2.28. The molecular formula is C20H19N3O2S. The summed E-state index contributed by atoms with van der Waals surface area (Å²) >= 11 is 1.58. The molecule has 1 aliphatic rings. The molecule has 0 radical (unpaired) electrons. The lowest BCUT2D eigenvalue weighted by molar-refractivity contribution is 0.102. The van der Waals surface area contributed by atoms with Crippen LogP contribution in [0.25, 0.3) is 11.0 Å². The van der Waals surface area contributed by atoms with E-state index in [1.54, 1.807) is 30.2 Å². The first-order valence-corrected chi connectivity index (χ1v) is 9.39. The number of fused-ring (bicyclic) bond motifs is 1. The number of rotatable bonds is 3. The van der Waals surface area contributed by atoms with Crippen LogP contribution in [-0.4, -0.2) is 16.8 Å². The normalized spacial score (nSPS) is 20.0. The lowest BCUT2D eigenvalue weighted by Gasteiger charge is -2.30. The van der Waals surface area contributed by atoms with E-state index < -0.39 is 0 Å². The predicted octanol–water partition coefficient (Wildman–Crippen LogP) is 4.35. The second-order valence-corrected chi connectivity index (χ2v) is 7.65. The third-order valence-electron chi connectivity index (χ3n) is 4.65. The van der Waals surface area contributed by atoms with Gasteiger partial charge in [-0.15, -0.1) is 0 Å². The van der Waals surface area contributed by atoms with Crippen LogP contribution in [0.15, 0.2) is 64.2 Å².